The number of aryl methyl sites for hydroxylation is 1. The van der Waals surface area contributed by atoms with E-state index in [4.69, 9.17) is 14.2 Å². The van der Waals surface area contributed by atoms with E-state index in [-0.39, 0.29) is 17.7 Å². The van der Waals surface area contributed by atoms with Gasteiger partial charge in [0.25, 0.3) is 5.56 Å². The topological polar surface area (TPSA) is 79.7 Å². The van der Waals surface area contributed by atoms with Crippen molar-refractivity contribution in [1.82, 2.24) is 9.55 Å². The standard InChI is InChI=1S/C26H24N2O5/c1-17-7-9-19(10-8-17)28-16-22(26(30)33-13-11-18-6-4-5-12-27-18)20-14-23(31-2)24(32-3)15-21(20)25(28)29/h4-10,12,14-16H,11,13H2,1-3H3. The number of nitrogens with zero attached hydrogens (tertiary/aromatic N) is 2. The molecular weight excluding hydrogens is 420 g/mol. The predicted molar refractivity (Wildman–Crippen MR) is 126 cm³/mol. The van der Waals surface area contributed by atoms with Gasteiger partial charge in [0.2, 0.25) is 0 Å². The number of ether oxygens (including phenoxy) is 3. The lowest BCUT2D eigenvalue weighted by Crippen LogP contribution is -2.21. The van der Waals surface area contributed by atoms with Crippen LogP contribution in [0.25, 0.3) is 16.5 Å². The van der Waals surface area contributed by atoms with Gasteiger partial charge in [0.15, 0.2) is 11.5 Å². The number of hydrogen-bond donors (Lipinski definition) is 0. The number of fused-ring (bicyclic) bond motifs is 1. The van der Waals surface area contributed by atoms with Gasteiger partial charge in [-0.2, -0.15) is 0 Å². The number of methoxy groups -OCH3 is 2. The van der Waals surface area contributed by atoms with Crippen LogP contribution in [0, 0.1) is 6.92 Å². The van der Waals surface area contributed by atoms with Gasteiger partial charge >= 0.3 is 5.97 Å². The molecule has 2 aromatic heterocycles. The number of rotatable bonds is 7. The molecule has 0 spiro atoms. The molecule has 0 amide bonds. The SMILES string of the molecule is COc1cc2c(C(=O)OCCc3ccccn3)cn(-c3ccc(C)cc3)c(=O)c2cc1OC. The summed E-state index contributed by atoms with van der Waals surface area (Å²) >= 11 is 0. The Labute approximate surface area is 191 Å². The highest BCUT2D eigenvalue weighted by Gasteiger charge is 2.20. The molecule has 2 heterocycles. The number of benzene rings is 2. The Bertz CT molecular complexity index is 1350. The molecule has 4 aromatic rings. The minimum Gasteiger partial charge on any atom is -0.493 e. The van der Waals surface area contributed by atoms with Gasteiger partial charge in [0, 0.05) is 35.6 Å². The van der Waals surface area contributed by atoms with Crippen molar-refractivity contribution in [1.29, 1.82) is 0 Å². The van der Waals surface area contributed by atoms with Crippen LogP contribution in [0.4, 0.5) is 0 Å². The van der Waals surface area contributed by atoms with Gasteiger partial charge in [-0.15, -0.1) is 0 Å². The summed E-state index contributed by atoms with van der Waals surface area (Å²) in [6.45, 7) is 2.13. The normalized spacial score (nSPS) is 10.8. The highest BCUT2D eigenvalue weighted by molar-refractivity contribution is 6.05. The largest absolute Gasteiger partial charge is 0.493 e. The molecule has 0 fully saturated rings. The third-order valence-corrected chi connectivity index (χ3v) is 5.37. The summed E-state index contributed by atoms with van der Waals surface area (Å²) in [5.74, 6) is 0.280. The Morgan fingerprint density at radius 3 is 2.30 bits per heavy atom. The maximum Gasteiger partial charge on any atom is 0.340 e. The van der Waals surface area contributed by atoms with Crippen LogP contribution in [0.1, 0.15) is 21.6 Å². The Hall–Kier alpha value is -4.13. The number of esters is 1. The number of carbonyl (C=O) groups is 1. The average molecular weight is 444 g/mol. The summed E-state index contributed by atoms with van der Waals surface area (Å²) in [6.07, 6.45) is 3.70. The summed E-state index contributed by atoms with van der Waals surface area (Å²) in [4.78, 5) is 30.7. The van der Waals surface area contributed by atoms with E-state index in [1.54, 1.807) is 18.3 Å². The zero-order valence-corrected chi connectivity index (χ0v) is 18.7. The van der Waals surface area contributed by atoms with Gasteiger partial charge in [-0.05, 0) is 43.3 Å². The summed E-state index contributed by atoms with van der Waals surface area (Å²) in [5.41, 5.74) is 2.51. The van der Waals surface area contributed by atoms with Crippen LogP contribution >= 0.6 is 0 Å². The van der Waals surface area contributed by atoms with Crippen LogP contribution in [0.3, 0.4) is 0 Å². The third-order valence-electron chi connectivity index (χ3n) is 5.37. The van der Waals surface area contributed by atoms with E-state index in [0.29, 0.717) is 34.4 Å². The van der Waals surface area contributed by atoms with Gasteiger partial charge in [0.05, 0.1) is 31.8 Å². The van der Waals surface area contributed by atoms with E-state index in [0.717, 1.165) is 11.3 Å². The van der Waals surface area contributed by atoms with Crippen molar-refractivity contribution in [3.05, 3.63) is 94.2 Å². The number of hydrogen-bond acceptors (Lipinski definition) is 6. The smallest absolute Gasteiger partial charge is 0.340 e. The Morgan fingerprint density at radius 1 is 0.970 bits per heavy atom. The zero-order valence-electron chi connectivity index (χ0n) is 18.7. The van der Waals surface area contributed by atoms with Crippen molar-refractivity contribution in [3.63, 3.8) is 0 Å². The van der Waals surface area contributed by atoms with Crippen molar-refractivity contribution < 1.29 is 19.0 Å². The van der Waals surface area contributed by atoms with E-state index in [9.17, 15) is 9.59 Å². The lowest BCUT2D eigenvalue weighted by molar-refractivity contribution is 0.0510. The highest BCUT2D eigenvalue weighted by Crippen LogP contribution is 2.33. The third kappa shape index (κ3) is 4.57. The molecule has 0 saturated carbocycles. The van der Waals surface area contributed by atoms with Crippen LogP contribution in [0.5, 0.6) is 11.5 Å². The van der Waals surface area contributed by atoms with E-state index in [2.05, 4.69) is 4.98 Å². The van der Waals surface area contributed by atoms with Gasteiger partial charge in [0.1, 0.15) is 0 Å². The number of aromatic nitrogens is 2. The quantitative estimate of drug-likeness (QED) is 0.399. The van der Waals surface area contributed by atoms with Crippen LogP contribution in [-0.2, 0) is 11.2 Å². The molecule has 7 nitrogen and oxygen atoms in total. The zero-order chi connectivity index (χ0) is 23.4. The predicted octanol–water partition coefficient (Wildman–Crippen LogP) is 4.11. The number of pyridine rings is 2. The lowest BCUT2D eigenvalue weighted by atomic mass is 10.1. The van der Waals surface area contributed by atoms with Gasteiger partial charge in [-0.25, -0.2) is 4.79 Å². The first kappa shape index (κ1) is 22.1. The summed E-state index contributed by atoms with van der Waals surface area (Å²) in [7, 11) is 3.00. The Morgan fingerprint density at radius 2 is 1.67 bits per heavy atom. The molecule has 0 radical (unpaired) electrons. The molecule has 0 bridgehead atoms. The van der Waals surface area contributed by atoms with Gasteiger partial charge in [-0.3, -0.25) is 14.3 Å². The molecule has 0 aliphatic heterocycles. The van der Waals surface area contributed by atoms with Crippen LogP contribution < -0.4 is 15.0 Å². The van der Waals surface area contributed by atoms with E-state index in [1.807, 2.05) is 49.4 Å². The maximum atomic E-state index is 13.4. The molecular formula is C26H24N2O5. The fraction of sp³-hybridized carbons (Fsp3) is 0.192. The average Bonchev–Trinajstić information content (AvgIpc) is 2.84. The van der Waals surface area contributed by atoms with Crippen molar-refractivity contribution in [3.8, 4) is 17.2 Å². The summed E-state index contributed by atoms with van der Waals surface area (Å²) < 4.78 is 17.8. The Kier molecular flexibility index (Phi) is 6.40. The molecule has 0 unspecified atom stereocenters. The molecule has 0 aliphatic rings. The minimum absolute atomic E-state index is 0.161. The van der Waals surface area contributed by atoms with Crippen LogP contribution in [0.15, 0.2) is 71.8 Å². The monoisotopic (exact) mass is 444 g/mol. The van der Waals surface area contributed by atoms with E-state index < -0.39 is 5.97 Å². The lowest BCUT2D eigenvalue weighted by Gasteiger charge is -2.15. The van der Waals surface area contributed by atoms with Crippen LogP contribution in [-0.4, -0.2) is 36.3 Å². The van der Waals surface area contributed by atoms with E-state index in [1.165, 1.54) is 25.0 Å². The minimum atomic E-state index is -0.538. The van der Waals surface area contributed by atoms with Crippen molar-refractivity contribution in [2.75, 3.05) is 20.8 Å². The summed E-state index contributed by atoms with van der Waals surface area (Å²) in [5, 5.41) is 0.760. The van der Waals surface area contributed by atoms with Crippen molar-refractivity contribution >= 4 is 16.7 Å². The molecule has 0 N–H and O–H groups in total. The molecule has 2 aromatic carbocycles. The first-order valence-electron chi connectivity index (χ1n) is 10.5. The molecule has 7 heteroatoms. The summed E-state index contributed by atoms with van der Waals surface area (Å²) in [6, 6.07) is 16.3. The number of carbonyl (C=O) groups excluding carboxylic acids is 1. The molecule has 168 valence electrons. The fourth-order valence-electron chi connectivity index (χ4n) is 3.60. The molecule has 0 aliphatic carbocycles. The fourth-order valence-corrected chi connectivity index (χ4v) is 3.60. The van der Waals surface area contributed by atoms with E-state index >= 15 is 0 Å². The molecule has 0 atom stereocenters. The van der Waals surface area contributed by atoms with Gasteiger partial charge in [-0.1, -0.05) is 23.8 Å². The second-order valence-corrected chi connectivity index (χ2v) is 7.51. The first-order valence-corrected chi connectivity index (χ1v) is 10.5. The second-order valence-electron chi connectivity index (χ2n) is 7.51. The highest BCUT2D eigenvalue weighted by atomic mass is 16.5. The molecule has 0 saturated heterocycles. The first-order chi connectivity index (χ1) is 16.0. The van der Waals surface area contributed by atoms with Gasteiger partial charge < -0.3 is 14.2 Å². The second kappa shape index (κ2) is 9.56. The van der Waals surface area contributed by atoms with Crippen molar-refractivity contribution in [2.45, 2.75) is 13.3 Å². The molecule has 33 heavy (non-hydrogen) atoms. The Balaban J connectivity index is 1.80. The molecule has 4 rings (SSSR count). The maximum absolute atomic E-state index is 13.4. The van der Waals surface area contributed by atoms with Crippen LogP contribution in [0.2, 0.25) is 0 Å². The van der Waals surface area contributed by atoms with Crippen molar-refractivity contribution in [2.24, 2.45) is 0 Å².